The van der Waals surface area contributed by atoms with Crippen LogP contribution in [0.15, 0.2) is 77.3 Å². The second-order valence-corrected chi connectivity index (χ2v) is 11.0. The molecule has 3 atom stereocenters. The van der Waals surface area contributed by atoms with Crippen LogP contribution in [0.1, 0.15) is 51.4 Å². The van der Waals surface area contributed by atoms with E-state index >= 15 is 0 Å². The number of ether oxygens (including phenoxy) is 1. The first kappa shape index (κ1) is 25.9. The molecule has 1 heterocycles. The molecule has 0 aromatic heterocycles. The van der Waals surface area contributed by atoms with Crippen LogP contribution in [-0.4, -0.2) is 47.1 Å². The second kappa shape index (κ2) is 10.0. The summed E-state index contributed by atoms with van der Waals surface area (Å²) < 4.78 is 5.92. The second-order valence-electron chi connectivity index (χ2n) is 10.1. The molecule has 3 aromatic carbocycles. The predicted octanol–water partition coefficient (Wildman–Crippen LogP) is 3.03. The Balaban J connectivity index is 1.13. The highest BCUT2D eigenvalue weighted by Crippen LogP contribution is 2.61. The van der Waals surface area contributed by atoms with Crippen LogP contribution >= 0.6 is 15.9 Å². The number of imide groups is 1. The molecule has 202 valence electrons. The Bertz CT molecular complexity index is 1460. The maximum atomic E-state index is 13.7. The van der Waals surface area contributed by atoms with E-state index in [1.54, 1.807) is 24.3 Å². The molecule has 1 saturated heterocycles. The molecule has 7 rings (SSSR count). The zero-order chi connectivity index (χ0) is 28.1. The van der Waals surface area contributed by atoms with E-state index in [0.717, 1.165) is 31.6 Å². The van der Waals surface area contributed by atoms with Gasteiger partial charge >= 0.3 is 5.97 Å². The summed E-state index contributed by atoms with van der Waals surface area (Å²) in [6, 6.07) is 21.0. The minimum absolute atomic E-state index is 0.285. The number of benzene rings is 3. The first-order chi connectivity index (χ1) is 19.3. The fourth-order valence-electron chi connectivity index (χ4n) is 6.28. The Morgan fingerprint density at radius 2 is 1.27 bits per heavy atom. The van der Waals surface area contributed by atoms with Crippen molar-refractivity contribution in [2.45, 2.75) is 24.8 Å². The van der Waals surface area contributed by atoms with Crippen molar-refractivity contribution in [1.29, 1.82) is 0 Å². The number of likely N-dealkylation sites (tertiary alicyclic amines) is 1. The van der Waals surface area contributed by atoms with Crippen molar-refractivity contribution in [1.82, 2.24) is 15.8 Å². The Morgan fingerprint density at radius 1 is 0.800 bits per heavy atom. The molecular weight excluding hydrogens is 578 g/mol. The van der Waals surface area contributed by atoms with Gasteiger partial charge < -0.3 is 4.74 Å². The van der Waals surface area contributed by atoms with Crippen LogP contribution in [-0.2, 0) is 23.9 Å². The molecule has 0 spiro atoms. The minimum atomic E-state index is -1.22. The average Bonchev–Trinajstić information content (AvgIpc) is 3.24. The topological polar surface area (TPSA) is 122 Å². The number of amides is 4. The Hall–Kier alpha value is -4.31. The Kier molecular flexibility index (Phi) is 6.50. The van der Waals surface area contributed by atoms with Gasteiger partial charge in [0.05, 0.1) is 11.8 Å². The van der Waals surface area contributed by atoms with Crippen LogP contribution < -0.4 is 10.9 Å². The molecule has 1 fully saturated rings. The van der Waals surface area contributed by atoms with Crippen LogP contribution in [0, 0.1) is 11.8 Å². The first-order valence-electron chi connectivity index (χ1n) is 12.8. The lowest BCUT2D eigenvalue weighted by atomic mass is 9.55. The van der Waals surface area contributed by atoms with Gasteiger partial charge in [-0.15, -0.1) is 0 Å². The lowest BCUT2D eigenvalue weighted by molar-refractivity contribution is -0.159. The quantitative estimate of drug-likeness (QED) is 0.263. The van der Waals surface area contributed by atoms with Crippen molar-refractivity contribution >= 4 is 45.5 Å². The highest BCUT2D eigenvalue weighted by atomic mass is 79.9. The lowest BCUT2D eigenvalue weighted by Gasteiger charge is -2.45. The zero-order valence-corrected chi connectivity index (χ0v) is 22.9. The molecule has 2 bridgehead atoms. The van der Waals surface area contributed by atoms with Crippen molar-refractivity contribution < 1.29 is 28.7 Å². The maximum Gasteiger partial charge on any atom is 0.329 e. The van der Waals surface area contributed by atoms with E-state index in [0.29, 0.717) is 5.56 Å². The highest BCUT2D eigenvalue weighted by Gasteiger charge is 2.62. The predicted molar refractivity (Wildman–Crippen MR) is 146 cm³/mol. The van der Waals surface area contributed by atoms with Gasteiger partial charge in [-0.2, -0.15) is 0 Å². The molecule has 0 saturated carbocycles. The van der Waals surface area contributed by atoms with E-state index in [4.69, 9.17) is 4.74 Å². The number of hydrogen-bond donors (Lipinski definition) is 2. The largest absolute Gasteiger partial charge is 0.454 e. The summed E-state index contributed by atoms with van der Waals surface area (Å²) in [4.78, 5) is 65.8. The SMILES string of the molecule is C[C@H](C(=O)OCC(=O)NNC(=O)c1ccc(Br)cc1)N1C(=O)[C@@H]2C3c4ccccc4C(c4ccccc43)[C@@H]2C1=O. The van der Waals surface area contributed by atoms with Crippen LogP contribution in [0.25, 0.3) is 0 Å². The van der Waals surface area contributed by atoms with Gasteiger partial charge in [-0.05, 0) is 53.4 Å². The number of halogens is 1. The molecular formula is C30H24BrN3O6. The van der Waals surface area contributed by atoms with Gasteiger partial charge in [-0.1, -0.05) is 64.5 Å². The molecule has 3 aliphatic carbocycles. The highest BCUT2D eigenvalue weighted by molar-refractivity contribution is 9.10. The fourth-order valence-corrected chi connectivity index (χ4v) is 6.55. The molecule has 4 aliphatic rings. The van der Waals surface area contributed by atoms with Gasteiger partial charge in [-0.3, -0.25) is 34.9 Å². The third-order valence-corrected chi connectivity index (χ3v) is 8.51. The summed E-state index contributed by atoms with van der Waals surface area (Å²) in [6.45, 7) is 0.722. The smallest absolute Gasteiger partial charge is 0.329 e. The Morgan fingerprint density at radius 3 is 1.75 bits per heavy atom. The molecule has 4 amide bonds. The summed E-state index contributed by atoms with van der Waals surface area (Å²) in [5.41, 5.74) is 8.89. The van der Waals surface area contributed by atoms with E-state index in [-0.39, 0.29) is 11.8 Å². The molecule has 0 unspecified atom stereocenters. The van der Waals surface area contributed by atoms with Crippen LogP contribution in [0.3, 0.4) is 0 Å². The summed E-state index contributed by atoms with van der Waals surface area (Å²) in [5.74, 6) is -4.84. The number of esters is 1. The fraction of sp³-hybridized carbons (Fsp3) is 0.233. The van der Waals surface area contributed by atoms with Crippen molar-refractivity contribution in [3.63, 3.8) is 0 Å². The van der Waals surface area contributed by atoms with E-state index in [1.165, 1.54) is 6.92 Å². The van der Waals surface area contributed by atoms with E-state index < -0.39 is 54.1 Å². The third-order valence-electron chi connectivity index (χ3n) is 7.98. The van der Waals surface area contributed by atoms with Gasteiger partial charge in [0.15, 0.2) is 6.61 Å². The number of hydrogen-bond acceptors (Lipinski definition) is 6. The summed E-state index contributed by atoms with van der Waals surface area (Å²) in [6.07, 6.45) is 0. The maximum absolute atomic E-state index is 13.7. The normalized spacial score (nSPS) is 22.6. The molecule has 2 N–H and O–H groups in total. The van der Waals surface area contributed by atoms with Crippen LogP contribution in [0.2, 0.25) is 0 Å². The summed E-state index contributed by atoms with van der Waals surface area (Å²) in [7, 11) is 0. The standard InChI is InChI=1S/C30H24BrN3O6/c1-15(30(39)40-14-22(35)32-33-27(36)16-10-12-17(31)13-11-16)34-28(37)25-23-18-6-2-3-7-19(18)24(26(25)29(34)38)21-9-5-4-8-20(21)23/h2-13,15,23-26H,14H2,1H3,(H,32,35)(H,33,36)/t15-,23?,24?,25-,26+/m1/s1. The van der Waals surface area contributed by atoms with Gasteiger partial charge in [0.1, 0.15) is 6.04 Å². The van der Waals surface area contributed by atoms with Gasteiger partial charge in [0, 0.05) is 21.9 Å². The first-order valence-corrected chi connectivity index (χ1v) is 13.6. The number of carbonyl (C=O) groups is 5. The number of nitrogens with one attached hydrogen (secondary N) is 2. The van der Waals surface area contributed by atoms with Gasteiger partial charge in [0.2, 0.25) is 11.8 Å². The minimum Gasteiger partial charge on any atom is -0.454 e. The summed E-state index contributed by atoms with van der Waals surface area (Å²) in [5, 5.41) is 0. The number of hydrazine groups is 1. The number of nitrogens with zero attached hydrogens (tertiary/aromatic N) is 1. The van der Waals surface area contributed by atoms with Gasteiger partial charge in [0.25, 0.3) is 11.8 Å². The molecule has 40 heavy (non-hydrogen) atoms. The molecule has 10 heteroatoms. The average molecular weight is 602 g/mol. The van der Waals surface area contributed by atoms with Crippen molar-refractivity contribution in [2.24, 2.45) is 11.8 Å². The molecule has 9 nitrogen and oxygen atoms in total. The van der Waals surface area contributed by atoms with Crippen molar-refractivity contribution in [3.05, 3.63) is 105 Å². The van der Waals surface area contributed by atoms with Crippen LogP contribution in [0.4, 0.5) is 0 Å². The van der Waals surface area contributed by atoms with Gasteiger partial charge in [-0.25, -0.2) is 4.79 Å². The van der Waals surface area contributed by atoms with E-state index in [9.17, 15) is 24.0 Å². The molecule has 3 aromatic rings. The monoisotopic (exact) mass is 601 g/mol. The van der Waals surface area contributed by atoms with Crippen molar-refractivity contribution in [2.75, 3.05) is 6.61 Å². The Labute approximate surface area is 238 Å². The number of carbonyl (C=O) groups excluding carboxylic acids is 5. The summed E-state index contributed by atoms with van der Waals surface area (Å²) >= 11 is 3.28. The number of rotatable bonds is 5. The van der Waals surface area contributed by atoms with E-state index in [2.05, 4.69) is 26.8 Å². The van der Waals surface area contributed by atoms with E-state index in [1.807, 2.05) is 48.5 Å². The molecule has 0 radical (unpaired) electrons. The molecule has 1 aliphatic heterocycles. The third kappa shape index (κ3) is 4.10. The zero-order valence-electron chi connectivity index (χ0n) is 21.3. The van der Waals surface area contributed by atoms with Crippen LogP contribution in [0.5, 0.6) is 0 Å². The lowest BCUT2D eigenvalue weighted by Crippen LogP contribution is -2.47. The van der Waals surface area contributed by atoms with Crippen molar-refractivity contribution in [3.8, 4) is 0 Å².